The van der Waals surface area contributed by atoms with E-state index in [-0.39, 0.29) is 41.4 Å². The van der Waals surface area contributed by atoms with Crippen molar-refractivity contribution in [2.75, 3.05) is 26.2 Å². The van der Waals surface area contributed by atoms with Gasteiger partial charge in [-0.1, -0.05) is 12.1 Å². The maximum atomic E-state index is 12.7. The summed E-state index contributed by atoms with van der Waals surface area (Å²) in [5.74, 6) is -0.440. The predicted octanol–water partition coefficient (Wildman–Crippen LogP) is 2.39. The Balaban J connectivity index is 1.26. The van der Waals surface area contributed by atoms with E-state index in [0.717, 1.165) is 17.8 Å². The van der Waals surface area contributed by atoms with Crippen LogP contribution in [-0.4, -0.2) is 72.1 Å². The molecule has 1 aromatic carbocycles. The Bertz CT molecular complexity index is 1190. The molecule has 9 nitrogen and oxygen atoms in total. The van der Waals surface area contributed by atoms with Crippen molar-refractivity contribution in [1.29, 1.82) is 0 Å². The molecule has 0 saturated carbocycles. The van der Waals surface area contributed by atoms with Gasteiger partial charge in [0, 0.05) is 50.6 Å². The van der Waals surface area contributed by atoms with Gasteiger partial charge in [-0.05, 0) is 36.2 Å². The van der Waals surface area contributed by atoms with Crippen LogP contribution in [0.25, 0.3) is 0 Å². The normalized spacial score (nSPS) is 20.1. The summed E-state index contributed by atoms with van der Waals surface area (Å²) in [5.41, 5.74) is 0.926. The number of benzene rings is 1. The van der Waals surface area contributed by atoms with Gasteiger partial charge in [0.2, 0.25) is 5.91 Å². The Kier molecular flexibility index (Phi) is 6.73. The molecule has 0 radical (unpaired) electrons. The maximum absolute atomic E-state index is 12.7. The van der Waals surface area contributed by atoms with E-state index in [9.17, 15) is 31.2 Å². The highest BCUT2D eigenvalue weighted by Crippen LogP contribution is 2.32. The molecule has 2 aromatic rings. The number of fused-ring (bicyclic) bond motifs is 1. The molecule has 0 spiro atoms. The Morgan fingerprint density at radius 2 is 1.60 bits per heavy atom. The van der Waals surface area contributed by atoms with Gasteiger partial charge in [-0.25, -0.2) is 4.98 Å². The molecule has 2 amide bonds. The molecule has 2 saturated heterocycles. The predicted molar refractivity (Wildman–Crippen MR) is 115 cm³/mol. The van der Waals surface area contributed by atoms with Crippen molar-refractivity contribution in [1.82, 2.24) is 14.8 Å². The average molecular weight is 513 g/mol. The lowest BCUT2D eigenvalue weighted by molar-refractivity contribution is -0.274. The largest absolute Gasteiger partial charge is 0.573 e. The van der Waals surface area contributed by atoms with E-state index in [1.54, 1.807) is 9.80 Å². The van der Waals surface area contributed by atoms with Crippen LogP contribution in [0.3, 0.4) is 0 Å². The number of hydrogen-bond acceptors (Lipinski definition) is 6. The molecule has 2 atom stereocenters. The lowest BCUT2D eigenvalue weighted by Gasteiger charge is -2.22. The summed E-state index contributed by atoms with van der Waals surface area (Å²) in [6.45, 7) is 1.92. The summed E-state index contributed by atoms with van der Waals surface area (Å²) in [6.07, 6.45) is -3.05. The van der Waals surface area contributed by atoms with Crippen LogP contribution in [0.2, 0.25) is 0 Å². The van der Waals surface area contributed by atoms with Crippen molar-refractivity contribution in [2.24, 2.45) is 11.8 Å². The lowest BCUT2D eigenvalue weighted by atomic mass is 10.0. The highest BCUT2D eigenvalue weighted by molar-refractivity contribution is 7.85. The van der Waals surface area contributed by atoms with Crippen molar-refractivity contribution in [3.63, 3.8) is 0 Å². The SMILES string of the molecule is O=C(CCc1ccc(OC(F)(F)F)cc1)N1C[C@@H]2CN(C(=O)c3ccc(S(=O)(=O)O)nc3)C[C@H]2C1. The standard InChI is InChI=1S/C22H22F3N3O6S/c23-22(24,25)34-18-5-1-14(2-6-18)3-8-20(29)27-10-16-12-28(13-17(16)11-27)21(30)15-4-7-19(26-9-15)35(31,32)33/h1-2,4-7,9,16-17H,3,8,10-13H2,(H,31,32,33)/t16-,17-/m1/s1. The molecule has 35 heavy (non-hydrogen) atoms. The number of alkyl halides is 3. The van der Waals surface area contributed by atoms with Crippen molar-refractivity contribution < 1.29 is 40.5 Å². The topological polar surface area (TPSA) is 117 Å². The molecule has 0 aliphatic carbocycles. The van der Waals surface area contributed by atoms with Gasteiger partial charge in [0.1, 0.15) is 5.75 Å². The number of likely N-dealkylation sites (tertiary alicyclic amines) is 2. The number of carbonyl (C=O) groups is 2. The zero-order chi connectivity index (χ0) is 25.4. The first-order valence-corrected chi connectivity index (χ1v) is 12.2. The fourth-order valence-corrected chi connectivity index (χ4v) is 4.90. The quantitative estimate of drug-likeness (QED) is 0.590. The molecule has 1 aromatic heterocycles. The first-order valence-electron chi connectivity index (χ1n) is 10.7. The van der Waals surface area contributed by atoms with E-state index in [4.69, 9.17) is 4.55 Å². The minimum absolute atomic E-state index is 0.0575. The van der Waals surface area contributed by atoms with Gasteiger partial charge in [-0.15, -0.1) is 13.2 Å². The minimum atomic E-state index is -4.75. The van der Waals surface area contributed by atoms with E-state index in [2.05, 4.69) is 9.72 Å². The Morgan fingerprint density at radius 3 is 2.11 bits per heavy atom. The fourth-order valence-electron chi connectivity index (χ4n) is 4.47. The monoisotopic (exact) mass is 513 g/mol. The van der Waals surface area contributed by atoms with Crippen LogP contribution in [0.5, 0.6) is 5.75 Å². The number of aromatic nitrogens is 1. The van der Waals surface area contributed by atoms with Crippen LogP contribution in [0, 0.1) is 11.8 Å². The molecule has 4 rings (SSSR count). The van der Waals surface area contributed by atoms with E-state index >= 15 is 0 Å². The van der Waals surface area contributed by atoms with Crippen molar-refractivity contribution in [2.45, 2.75) is 24.2 Å². The van der Waals surface area contributed by atoms with E-state index in [1.807, 2.05) is 0 Å². The third-order valence-corrected chi connectivity index (χ3v) is 6.93. The molecule has 2 aliphatic rings. The molecule has 0 bridgehead atoms. The second-order valence-corrected chi connectivity index (χ2v) is 9.95. The third-order valence-electron chi connectivity index (χ3n) is 6.16. The number of nitrogens with zero attached hydrogens (tertiary/aromatic N) is 3. The number of aryl methyl sites for hydroxylation is 1. The van der Waals surface area contributed by atoms with Gasteiger partial charge >= 0.3 is 16.5 Å². The number of halogens is 3. The van der Waals surface area contributed by atoms with Crippen LogP contribution in [0.1, 0.15) is 22.3 Å². The van der Waals surface area contributed by atoms with Gasteiger partial charge in [0.15, 0.2) is 5.03 Å². The number of pyridine rings is 1. The molecule has 2 aliphatic heterocycles. The second kappa shape index (κ2) is 9.46. The van der Waals surface area contributed by atoms with E-state index in [0.29, 0.717) is 32.6 Å². The van der Waals surface area contributed by atoms with Crippen LogP contribution in [0.15, 0.2) is 47.6 Å². The highest BCUT2D eigenvalue weighted by Gasteiger charge is 2.43. The summed E-state index contributed by atoms with van der Waals surface area (Å²) in [6, 6.07) is 7.78. The lowest BCUT2D eigenvalue weighted by Crippen LogP contribution is -2.35. The Hall–Kier alpha value is -3.19. The molecule has 0 unspecified atom stereocenters. The zero-order valence-electron chi connectivity index (χ0n) is 18.3. The van der Waals surface area contributed by atoms with Crippen molar-refractivity contribution >= 4 is 21.9 Å². The molecule has 13 heteroatoms. The van der Waals surface area contributed by atoms with Gasteiger partial charge in [-0.3, -0.25) is 14.1 Å². The highest BCUT2D eigenvalue weighted by atomic mass is 32.2. The van der Waals surface area contributed by atoms with Gasteiger partial charge < -0.3 is 14.5 Å². The summed E-state index contributed by atoms with van der Waals surface area (Å²) in [4.78, 5) is 32.4. The smallest absolute Gasteiger partial charge is 0.406 e. The average Bonchev–Trinajstić information content (AvgIpc) is 3.36. The minimum Gasteiger partial charge on any atom is -0.406 e. The summed E-state index contributed by atoms with van der Waals surface area (Å²) < 4.78 is 71.8. The van der Waals surface area contributed by atoms with Crippen molar-refractivity contribution in [3.05, 3.63) is 53.7 Å². The number of hydrogen-bond donors (Lipinski definition) is 1. The molecule has 2 fully saturated rings. The summed E-state index contributed by atoms with van der Waals surface area (Å²) in [5, 5.41) is -0.535. The number of ether oxygens (including phenoxy) is 1. The number of rotatable bonds is 6. The first-order chi connectivity index (χ1) is 16.4. The second-order valence-electron chi connectivity index (χ2n) is 8.58. The molecular formula is C22H22F3N3O6S. The maximum Gasteiger partial charge on any atom is 0.573 e. The zero-order valence-corrected chi connectivity index (χ0v) is 19.1. The molecule has 3 heterocycles. The van der Waals surface area contributed by atoms with Gasteiger partial charge in [0.05, 0.1) is 5.56 Å². The molecule has 188 valence electrons. The first kappa shape index (κ1) is 24.9. The Morgan fingerprint density at radius 1 is 1.00 bits per heavy atom. The molecule has 1 N–H and O–H groups in total. The number of carbonyl (C=O) groups excluding carboxylic acids is 2. The van der Waals surface area contributed by atoms with Gasteiger partial charge in [0.25, 0.3) is 5.91 Å². The van der Waals surface area contributed by atoms with Crippen LogP contribution < -0.4 is 4.74 Å². The number of amides is 2. The summed E-state index contributed by atoms with van der Waals surface area (Å²) in [7, 11) is -4.44. The Labute approximate surface area is 199 Å². The van der Waals surface area contributed by atoms with E-state index < -0.39 is 21.5 Å². The fraction of sp³-hybridized carbons (Fsp3) is 0.409. The summed E-state index contributed by atoms with van der Waals surface area (Å²) >= 11 is 0. The third kappa shape index (κ3) is 6.09. The van der Waals surface area contributed by atoms with Gasteiger partial charge in [-0.2, -0.15) is 8.42 Å². The van der Waals surface area contributed by atoms with E-state index in [1.165, 1.54) is 30.3 Å². The van der Waals surface area contributed by atoms with Crippen LogP contribution >= 0.6 is 0 Å². The van der Waals surface area contributed by atoms with Crippen LogP contribution in [-0.2, 0) is 21.3 Å². The molecular weight excluding hydrogens is 491 g/mol. The van der Waals surface area contributed by atoms with Crippen molar-refractivity contribution in [3.8, 4) is 5.75 Å². The van der Waals surface area contributed by atoms with Crippen LogP contribution in [0.4, 0.5) is 13.2 Å².